The molecular formula is C25H32F2O. The first-order valence-corrected chi connectivity index (χ1v) is 10.8. The Morgan fingerprint density at radius 2 is 1.43 bits per heavy atom. The monoisotopic (exact) mass is 386 g/mol. The molecule has 0 saturated heterocycles. The molecule has 3 rings (SSSR count). The van der Waals surface area contributed by atoms with Gasteiger partial charge in [-0.2, -0.15) is 0 Å². The molecule has 0 N–H and O–H groups in total. The van der Waals surface area contributed by atoms with E-state index in [1.807, 2.05) is 12.1 Å². The third-order valence-electron chi connectivity index (χ3n) is 5.96. The van der Waals surface area contributed by atoms with E-state index in [2.05, 4.69) is 43.3 Å². The van der Waals surface area contributed by atoms with Crippen LogP contribution in [-0.4, -0.2) is 13.0 Å². The van der Waals surface area contributed by atoms with Crippen molar-refractivity contribution in [1.29, 1.82) is 0 Å². The van der Waals surface area contributed by atoms with E-state index in [0.29, 0.717) is 18.8 Å². The second-order valence-corrected chi connectivity index (χ2v) is 8.00. The van der Waals surface area contributed by atoms with Crippen LogP contribution in [0.4, 0.5) is 8.78 Å². The topological polar surface area (TPSA) is 9.23 Å². The summed E-state index contributed by atoms with van der Waals surface area (Å²) in [6, 6.07) is 16.9. The maximum absolute atomic E-state index is 12.8. The van der Waals surface area contributed by atoms with E-state index in [0.717, 1.165) is 31.6 Å². The largest absolute Gasteiger partial charge is 0.494 e. The highest BCUT2D eigenvalue weighted by Crippen LogP contribution is 2.38. The Balaban J connectivity index is 1.52. The summed E-state index contributed by atoms with van der Waals surface area (Å²) < 4.78 is 31.5. The Hall–Kier alpha value is -1.90. The highest BCUT2D eigenvalue weighted by Gasteiger charge is 2.27. The second kappa shape index (κ2) is 10.6. The van der Waals surface area contributed by atoms with Gasteiger partial charge in [0, 0.05) is 5.92 Å². The number of hydrogen-bond acceptors (Lipinski definition) is 1. The van der Waals surface area contributed by atoms with Crippen molar-refractivity contribution in [1.82, 2.24) is 0 Å². The van der Waals surface area contributed by atoms with Crippen molar-refractivity contribution in [3.63, 3.8) is 0 Å². The lowest BCUT2D eigenvalue weighted by Gasteiger charge is -2.28. The first-order valence-electron chi connectivity index (χ1n) is 10.8. The molecule has 0 unspecified atom stereocenters. The summed E-state index contributed by atoms with van der Waals surface area (Å²) in [5, 5.41) is 0. The van der Waals surface area contributed by atoms with Gasteiger partial charge >= 0.3 is 0 Å². The summed E-state index contributed by atoms with van der Waals surface area (Å²) in [7, 11) is 0. The van der Waals surface area contributed by atoms with Crippen LogP contribution in [-0.2, 0) is 0 Å². The van der Waals surface area contributed by atoms with Crippen LogP contribution in [0, 0.1) is 5.92 Å². The number of rotatable bonds is 9. The Labute approximate surface area is 168 Å². The van der Waals surface area contributed by atoms with Crippen LogP contribution in [0.15, 0.2) is 48.5 Å². The number of unbranched alkanes of at least 4 members (excludes halogenated alkanes) is 3. The molecule has 0 bridgehead atoms. The molecule has 1 saturated carbocycles. The van der Waals surface area contributed by atoms with Crippen LogP contribution in [0.1, 0.15) is 69.8 Å². The fourth-order valence-corrected chi connectivity index (χ4v) is 4.11. The van der Waals surface area contributed by atoms with E-state index in [-0.39, 0.29) is 0 Å². The van der Waals surface area contributed by atoms with Crippen molar-refractivity contribution in [3.8, 4) is 16.9 Å². The highest BCUT2D eigenvalue weighted by molar-refractivity contribution is 5.64. The number of benzene rings is 2. The predicted molar refractivity (Wildman–Crippen MR) is 112 cm³/mol. The van der Waals surface area contributed by atoms with Crippen molar-refractivity contribution in [2.24, 2.45) is 5.92 Å². The molecule has 0 spiro atoms. The lowest BCUT2D eigenvalue weighted by Crippen LogP contribution is -2.19. The van der Waals surface area contributed by atoms with Crippen molar-refractivity contribution in [3.05, 3.63) is 54.1 Å². The van der Waals surface area contributed by atoms with Gasteiger partial charge in [-0.3, -0.25) is 0 Å². The second-order valence-electron chi connectivity index (χ2n) is 8.00. The molecule has 1 aliphatic carbocycles. The summed E-state index contributed by atoms with van der Waals surface area (Å²) in [6.07, 6.45) is 5.72. The van der Waals surface area contributed by atoms with Gasteiger partial charge in [0.25, 0.3) is 0 Å². The number of hydrogen-bond donors (Lipinski definition) is 0. The van der Waals surface area contributed by atoms with Gasteiger partial charge in [-0.15, -0.1) is 0 Å². The van der Waals surface area contributed by atoms with Gasteiger partial charge in [0.15, 0.2) is 0 Å². The van der Waals surface area contributed by atoms with Crippen LogP contribution in [0.3, 0.4) is 0 Å². The Bertz CT molecular complexity index is 685. The van der Waals surface area contributed by atoms with Crippen LogP contribution >= 0.6 is 0 Å². The average molecular weight is 387 g/mol. The van der Waals surface area contributed by atoms with Gasteiger partial charge in [0.2, 0.25) is 6.43 Å². The van der Waals surface area contributed by atoms with Crippen molar-refractivity contribution < 1.29 is 13.5 Å². The van der Waals surface area contributed by atoms with Crippen molar-refractivity contribution >= 4 is 0 Å². The van der Waals surface area contributed by atoms with Gasteiger partial charge in [-0.1, -0.05) is 62.6 Å². The Morgan fingerprint density at radius 3 is 2.00 bits per heavy atom. The number of alkyl halides is 2. The Morgan fingerprint density at radius 1 is 0.821 bits per heavy atom. The zero-order valence-corrected chi connectivity index (χ0v) is 16.9. The smallest absolute Gasteiger partial charge is 0.241 e. The van der Waals surface area contributed by atoms with E-state index < -0.39 is 12.3 Å². The summed E-state index contributed by atoms with van der Waals surface area (Å²) in [5.41, 5.74) is 3.63. The first kappa shape index (κ1) is 20.8. The fraction of sp³-hybridized carbons (Fsp3) is 0.520. The van der Waals surface area contributed by atoms with Crippen LogP contribution in [0.25, 0.3) is 11.1 Å². The van der Waals surface area contributed by atoms with E-state index in [9.17, 15) is 8.78 Å². The molecule has 1 nitrogen and oxygen atoms in total. The van der Waals surface area contributed by atoms with E-state index in [1.165, 1.54) is 36.0 Å². The number of halogens is 2. The lowest BCUT2D eigenvalue weighted by molar-refractivity contribution is 0.0528. The SMILES string of the molecule is CCCCCCOc1ccc(-c2ccc(C3CCC(C(F)F)CC3)cc2)cc1. The molecule has 3 heteroatoms. The third kappa shape index (κ3) is 5.80. The predicted octanol–water partition coefficient (Wildman–Crippen LogP) is 7.85. The maximum atomic E-state index is 12.8. The molecule has 1 aliphatic rings. The standard InChI is InChI=1S/C25H32F2O/c1-2-3-4-5-18-28-24-16-14-22(15-17-24)20-8-6-19(7-9-20)21-10-12-23(13-11-21)25(26)27/h6-9,14-17,21,23,25H,2-5,10-13,18H2,1H3. The minimum absolute atomic E-state index is 0.400. The summed E-state index contributed by atoms with van der Waals surface area (Å²) in [4.78, 5) is 0. The molecule has 1 fully saturated rings. The van der Waals surface area contributed by atoms with Crippen molar-refractivity contribution in [2.75, 3.05) is 6.61 Å². The lowest BCUT2D eigenvalue weighted by atomic mass is 9.78. The third-order valence-corrected chi connectivity index (χ3v) is 5.96. The van der Waals surface area contributed by atoms with Gasteiger partial charge in [0.1, 0.15) is 5.75 Å². The molecule has 2 aromatic rings. The van der Waals surface area contributed by atoms with Gasteiger partial charge in [-0.05, 0) is 66.8 Å². The summed E-state index contributed by atoms with van der Waals surface area (Å²) in [5.74, 6) is 0.947. The van der Waals surface area contributed by atoms with E-state index >= 15 is 0 Å². The molecule has 0 radical (unpaired) electrons. The highest BCUT2D eigenvalue weighted by atomic mass is 19.3. The van der Waals surface area contributed by atoms with Crippen molar-refractivity contribution in [2.45, 2.75) is 70.6 Å². The minimum atomic E-state index is -2.16. The van der Waals surface area contributed by atoms with Gasteiger partial charge in [0.05, 0.1) is 6.61 Å². The molecular weight excluding hydrogens is 354 g/mol. The molecule has 2 aromatic carbocycles. The Kier molecular flexibility index (Phi) is 7.88. The molecule has 152 valence electrons. The summed E-state index contributed by atoms with van der Waals surface area (Å²) in [6.45, 7) is 2.99. The maximum Gasteiger partial charge on any atom is 0.241 e. The van der Waals surface area contributed by atoms with E-state index in [1.54, 1.807) is 0 Å². The van der Waals surface area contributed by atoms with Gasteiger partial charge in [-0.25, -0.2) is 8.78 Å². The first-order chi connectivity index (χ1) is 13.7. The quantitative estimate of drug-likeness (QED) is 0.399. The normalized spacial score (nSPS) is 19.7. The molecule has 0 atom stereocenters. The van der Waals surface area contributed by atoms with Crippen LogP contribution in [0.2, 0.25) is 0 Å². The molecule has 0 aromatic heterocycles. The zero-order valence-electron chi connectivity index (χ0n) is 16.9. The number of ether oxygens (including phenoxy) is 1. The van der Waals surface area contributed by atoms with Crippen LogP contribution < -0.4 is 4.74 Å². The van der Waals surface area contributed by atoms with E-state index in [4.69, 9.17) is 4.74 Å². The molecule has 0 amide bonds. The fourth-order valence-electron chi connectivity index (χ4n) is 4.11. The summed E-state index contributed by atoms with van der Waals surface area (Å²) >= 11 is 0. The average Bonchev–Trinajstić information content (AvgIpc) is 2.74. The minimum Gasteiger partial charge on any atom is -0.494 e. The molecule has 0 heterocycles. The van der Waals surface area contributed by atoms with Crippen LogP contribution in [0.5, 0.6) is 5.75 Å². The molecule has 0 aliphatic heterocycles. The molecule has 28 heavy (non-hydrogen) atoms. The zero-order chi connectivity index (χ0) is 19.8. The van der Waals surface area contributed by atoms with Gasteiger partial charge < -0.3 is 4.74 Å².